The topological polar surface area (TPSA) is 25.8 Å². The van der Waals surface area contributed by atoms with Gasteiger partial charge in [0, 0.05) is 15.6 Å². The summed E-state index contributed by atoms with van der Waals surface area (Å²) in [4.78, 5) is 9.28. The van der Waals surface area contributed by atoms with E-state index in [1.54, 1.807) is 17.7 Å². The third-order valence-corrected chi connectivity index (χ3v) is 6.51. The molecule has 29 heavy (non-hydrogen) atoms. The number of aromatic nitrogens is 2. The first-order chi connectivity index (χ1) is 14.3. The van der Waals surface area contributed by atoms with Crippen molar-refractivity contribution in [2.75, 3.05) is 0 Å². The van der Waals surface area contributed by atoms with Gasteiger partial charge in [-0.25, -0.2) is 9.97 Å². The van der Waals surface area contributed by atoms with Crippen LogP contribution in [0.4, 0.5) is 0 Å². The molecule has 2 aromatic heterocycles. The van der Waals surface area contributed by atoms with Crippen LogP contribution in [0.3, 0.4) is 0 Å². The highest BCUT2D eigenvalue weighted by molar-refractivity contribution is 7.26. The molecule has 144 valence electrons. The van der Waals surface area contributed by atoms with Crippen molar-refractivity contribution in [3.63, 3.8) is 0 Å². The summed E-state index contributed by atoms with van der Waals surface area (Å²) in [7, 11) is 0. The third kappa shape index (κ3) is 3.30. The van der Waals surface area contributed by atoms with E-state index in [9.17, 15) is 0 Å². The van der Waals surface area contributed by atoms with Crippen LogP contribution in [0.5, 0.6) is 0 Å². The molecule has 3 aromatic carbocycles. The molecule has 3 heteroatoms. The first-order valence-electron chi connectivity index (χ1n) is 10.5. The Morgan fingerprint density at radius 2 is 1.79 bits per heavy atom. The zero-order valence-electron chi connectivity index (χ0n) is 18.2. The van der Waals surface area contributed by atoms with Crippen molar-refractivity contribution in [2.45, 2.75) is 34.1 Å². The van der Waals surface area contributed by atoms with Crippen LogP contribution in [-0.4, -0.2) is 9.97 Å². The molecule has 0 aliphatic carbocycles. The average molecular weight is 398 g/mol. The lowest BCUT2D eigenvalue weighted by Gasteiger charge is -2.19. The summed E-state index contributed by atoms with van der Waals surface area (Å²) in [6, 6.07) is 17.2. The zero-order chi connectivity index (χ0) is 21.0. The van der Waals surface area contributed by atoms with E-state index in [1.807, 2.05) is 24.3 Å². The summed E-state index contributed by atoms with van der Waals surface area (Å²) >= 11 is 1.76. The highest BCUT2D eigenvalue weighted by Crippen LogP contribution is 2.40. The molecule has 0 aliphatic heterocycles. The number of fused-ring (bicyclic) bond motifs is 4. The lowest BCUT2D eigenvalue weighted by Crippen LogP contribution is -2.10. The van der Waals surface area contributed by atoms with Gasteiger partial charge in [0.15, 0.2) is 0 Å². The molecule has 0 atom stereocenters. The predicted octanol–water partition coefficient (Wildman–Crippen LogP) is 7.56. The Morgan fingerprint density at radius 3 is 2.59 bits per heavy atom. The molecule has 0 bridgehead atoms. The minimum atomic E-state index is 0.246. The molecule has 0 radical (unpaired) electrons. The summed E-state index contributed by atoms with van der Waals surface area (Å²) in [5.74, 6) is 0. The van der Waals surface area contributed by atoms with Crippen molar-refractivity contribution >= 4 is 42.4 Å². The van der Waals surface area contributed by atoms with Crippen molar-refractivity contribution in [1.82, 2.24) is 9.97 Å². The zero-order valence-corrected chi connectivity index (χ0v) is 18.0. The lowest BCUT2D eigenvalue weighted by molar-refractivity contribution is 0.410. The van der Waals surface area contributed by atoms with Crippen LogP contribution in [-0.2, 0) is 6.42 Å². The van der Waals surface area contributed by atoms with Gasteiger partial charge in [-0.15, -0.1) is 11.3 Å². The SMILES string of the molecule is [2H]c1cc(-c2ncnc3c2sc2cc(CC(C)(C)C)c(C)cc23)cc2ccccc12. The number of hydrogen-bond acceptors (Lipinski definition) is 3. The number of nitrogens with zero attached hydrogens (tertiary/aromatic N) is 2. The summed E-state index contributed by atoms with van der Waals surface area (Å²) in [5, 5.41) is 3.22. The van der Waals surface area contributed by atoms with E-state index < -0.39 is 0 Å². The van der Waals surface area contributed by atoms with Crippen molar-refractivity contribution < 1.29 is 1.37 Å². The normalized spacial score (nSPS) is 12.8. The van der Waals surface area contributed by atoms with Crippen LogP contribution >= 0.6 is 11.3 Å². The minimum absolute atomic E-state index is 0.246. The second-order valence-corrected chi connectivity index (χ2v) is 10.0. The molecule has 0 saturated heterocycles. The molecule has 2 heterocycles. The number of hydrogen-bond donors (Lipinski definition) is 0. The van der Waals surface area contributed by atoms with Gasteiger partial charge >= 0.3 is 0 Å². The lowest BCUT2D eigenvalue weighted by atomic mass is 9.86. The van der Waals surface area contributed by atoms with Crippen LogP contribution in [0.25, 0.3) is 42.3 Å². The highest BCUT2D eigenvalue weighted by Gasteiger charge is 2.17. The van der Waals surface area contributed by atoms with E-state index in [2.05, 4.69) is 61.9 Å². The smallest absolute Gasteiger partial charge is 0.116 e. The number of rotatable bonds is 2. The van der Waals surface area contributed by atoms with Crippen molar-refractivity contribution in [2.24, 2.45) is 5.41 Å². The second kappa shape index (κ2) is 6.64. The average Bonchev–Trinajstić information content (AvgIpc) is 3.04. The number of thiophene rings is 1. The Labute approximate surface area is 176 Å². The Balaban J connectivity index is 1.74. The second-order valence-electron chi connectivity index (χ2n) is 8.99. The fraction of sp³-hybridized carbons (Fsp3) is 0.231. The fourth-order valence-electron chi connectivity index (χ4n) is 4.00. The highest BCUT2D eigenvalue weighted by atomic mass is 32.1. The van der Waals surface area contributed by atoms with Gasteiger partial charge in [-0.1, -0.05) is 57.1 Å². The van der Waals surface area contributed by atoms with Crippen LogP contribution in [0.15, 0.2) is 60.9 Å². The molecule has 5 aromatic rings. The molecule has 0 amide bonds. The Kier molecular flexibility index (Phi) is 3.91. The molecule has 0 saturated carbocycles. The standard InChI is InChI=1S/C26H24N2S/c1-16-11-21-22(13-20(16)14-26(2,3)4)29-25-23(27-15-28-24(21)25)19-10-9-17-7-5-6-8-18(17)12-19/h5-13,15H,14H2,1-4H3/i9D. The third-order valence-electron chi connectivity index (χ3n) is 5.36. The fourth-order valence-corrected chi connectivity index (χ4v) is 5.21. The molecule has 0 N–H and O–H groups in total. The van der Waals surface area contributed by atoms with Crippen LogP contribution < -0.4 is 0 Å². The van der Waals surface area contributed by atoms with Crippen molar-refractivity contribution in [3.05, 3.63) is 72.0 Å². The van der Waals surface area contributed by atoms with Gasteiger partial charge in [-0.2, -0.15) is 0 Å². The van der Waals surface area contributed by atoms with Crippen molar-refractivity contribution in [3.8, 4) is 11.3 Å². The molecular formula is C26H24N2S. The largest absolute Gasteiger partial charge is 0.235 e. The summed E-state index contributed by atoms with van der Waals surface area (Å²) in [6.07, 6.45) is 2.70. The molecule has 0 spiro atoms. The van der Waals surface area contributed by atoms with Gasteiger partial charge in [0.1, 0.15) is 6.33 Å². The van der Waals surface area contributed by atoms with Gasteiger partial charge in [0.05, 0.1) is 17.3 Å². The monoisotopic (exact) mass is 397 g/mol. The summed E-state index contributed by atoms with van der Waals surface area (Å²) in [5.41, 5.74) is 5.85. The van der Waals surface area contributed by atoms with Gasteiger partial charge in [0.25, 0.3) is 0 Å². The van der Waals surface area contributed by atoms with E-state index in [4.69, 9.17) is 1.37 Å². The Morgan fingerprint density at radius 1 is 1.00 bits per heavy atom. The van der Waals surface area contributed by atoms with Crippen LogP contribution in [0, 0.1) is 12.3 Å². The van der Waals surface area contributed by atoms with Crippen LogP contribution in [0.1, 0.15) is 33.3 Å². The van der Waals surface area contributed by atoms with Gasteiger partial charge < -0.3 is 0 Å². The maximum Gasteiger partial charge on any atom is 0.116 e. The van der Waals surface area contributed by atoms with E-state index >= 15 is 0 Å². The molecular weight excluding hydrogens is 372 g/mol. The van der Waals surface area contributed by atoms with Gasteiger partial charge in [-0.3, -0.25) is 0 Å². The van der Waals surface area contributed by atoms with Crippen molar-refractivity contribution in [1.29, 1.82) is 0 Å². The molecule has 2 nitrogen and oxygen atoms in total. The molecule has 0 fully saturated rings. The molecule has 0 unspecified atom stereocenters. The Bertz CT molecular complexity index is 1430. The van der Waals surface area contributed by atoms with E-state index in [1.165, 1.54) is 21.2 Å². The quantitative estimate of drug-likeness (QED) is 0.307. The maximum absolute atomic E-state index is 8.47. The summed E-state index contributed by atoms with van der Waals surface area (Å²) in [6.45, 7) is 9.04. The molecule has 0 aliphatic rings. The molecule has 5 rings (SSSR count). The first-order valence-corrected chi connectivity index (χ1v) is 10.8. The van der Waals surface area contributed by atoms with Gasteiger partial charge in [0.2, 0.25) is 0 Å². The Hall–Kier alpha value is -2.78. The first kappa shape index (κ1) is 17.1. The van der Waals surface area contributed by atoms with E-state index in [0.29, 0.717) is 6.04 Å². The summed E-state index contributed by atoms with van der Waals surface area (Å²) < 4.78 is 10.8. The van der Waals surface area contributed by atoms with Gasteiger partial charge in [-0.05, 0) is 58.9 Å². The van der Waals surface area contributed by atoms with Crippen LogP contribution in [0.2, 0.25) is 0 Å². The number of aryl methyl sites for hydroxylation is 1. The number of benzene rings is 3. The van der Waals surface area contributed by atoms with E-state index in [0.717, 1.165) is 38.7 Å². The predicted molar refractivity (Wildman–Crippen MR) is 126 cm³/mol. The maximum atomic E-state index is 8.47. The van der Waals surface area contributed by atoms with E-state index in [-0.39, 0.29) is 5.41 Å². The minimum Gasteiger partial charge on any atom is -0.235 e.